The zero-order valence-corrected chi connectivity index (χ0v) is 16.6. The number of anilines is 1. The van der Waals surface area contributed by atoms with Crippen molar-refractivity contribution in [3.05, 3.63) is 40.8 Å². The Labute approximate surface area is 168 Å². The second-order valence-electron chi connectivity index (χ2n) is 6.25. The van der Waals surface area contributed by atoms with Gasteiger partial charge in [-0.05, 0) is 17.5 Å². The summed E-state index contributed by atoms with van der Waals surface area (Å²) < 4.78 is 7.04. The SMILES string of the molecule is COc1cccc(-c2csc3nc(NC(=O)CC4=CSC5=NCCN45)nn23)c1. The van der Waals surface area contributed by atoms with Crippen LogP contribution in [0.15, 0.2) is 45.7 Å². The van der Waals surface area contributed by atoms with E-state index in [0.717, 1.165) is 45.9 Å². The van der Waals surface area contributed by atoms with E-state index in [9.17, 15) is 4.79 Å². The van der Waals surface area contributed by atoms with E-state index in [2.05, 4.69) is 25.3 Å². The van der Waals surface area contributed by atoms with Crippen molar-refractivity contribution in [1.82, 2.24) is 19.5 Å². The first-order valence-corrected chi connectivity index (χ1v) is 10.4. The first-order chi connectivity index (χ1) is 13.7. The summed E-state index contributed by atoms with van der Waals surface area (Å²) in [7, 11) is 1.64. The Bertz CT molecular complexity index is 1130. The molecule has 0 bridgehead atoms. The summed E-state index contributed by atoms with van der Waals surface area (Å²) in [6, 6.07) is 7.76. The van der Waals surface area contributed by atoms with Crippen molar-refractivity contribution in [2.75, 3.05) is 25.5 Å². The zero-order valence-electron chi connectivity index (χ0n) is 15.0. The molecule has 2 aliphatic rings. The molecule has 0 aliphatic carbocycles. The molecule has 2 aliphatic heterocycles. The second-order valence-corrected chi connectivity index (χ2v) is 7.92. The molecule has 2 aromatic heterocycles. The number of hydrogen-bond acceptors (Lipinski definition) is 8. The molecule has 0 saturated heterocycles. The van der Waals surface area contributed by atoms with Gasteiger partial charge in [-0.1, -0.05) is 23.9 Å². The number of methoxy groups -OCH3 is 1. The Morgan fingerprint density at radius 1 is 1.39 bits per heavy atom. The average molecular weight is 413 g/mol. The van der Waals surface area contributed by atoms with E-state index >= 15 is 0 Å². The van der Waals surface area contributed by atoms with E-state index in [0.29, 0.717) is 5.95 Å². The molecule has 1 N–H and O–H groups in total. The van der Waals surface area contributed by atoms with Gasteiger partial charge in [-0.25, -0.2) is 4.52 Å². The number of carbonyl (C=O) groups is 1. The summed E-state index contributed by atoms with van der Waals surface area (Å²) in [5, 5.41) is 12.2. The minimum absolute atomic E-state index is 0.138. The first kappa shape index (κ1) is 17.3. The molecule has 0 spiro atoms. The minimum Gasteiger partial charge on any atom is -0.497 e. The number of hydrogen-bond donors (Lipinski definition) is 1. The van der Waals surface area contributed by atoms with Crippen LogP contribution in [0.3, 0.4) is 0 Å². The van der Waals surface area contributed by atoms with Crippen LogP contribution in [0.5, 0.6) is 5.75 Å². The van der Waals surface area contributed by atoms with E-state index in [1.165, 1.54) is 11.3 Å². The third kappa shape index (κ3) is 3.04. The Morgan fingerprint density at radius 2 is 2.32 bits per heavy atom. The number of nitrogens with one attached hydrogen (secondary N) is 1. The number of fused-ring (bicyclic) bond motifs is 2. The highest BCUT2D eigenvalue weighted by Gasteiger charge is 2.27. The fourth-order valence-electron chi connectivity index (χ4n) is 3.16. The van der Waals surface area contributed by atoms with Crippen molar-refractivity contribution in [2.24, 2.45) is 4.99 Å². The van der Waals surface area contributed by atoms with Crippen molar-refractivity contribution in [3.63, 3.8) is 0 Å². The smallest absolute Gasteiger partial charge is 0.250 e. The molecule has 0 fully saturated rings. The third-order valence-corrected chi connectivity index (χ3v) is 6.26. The average Bonchev–Trinajstić information content (AvgIpc) is 3.44. The van der Waals surface area contributed by atoms with Gasteiger partial charge in [0, 0.05) is 23.2 Å². The largest absolute Gasteiger partial charge is 0.497 e. The van der Waals surface area contributed by atoms with Gasteiger partial charge in [0.1, 0.15) is 5.75 Å². The number of ether oxygens (including phenoxy) is 1. The maximum absolute atomic E-state index is 12.5. The molecule has 10 heteroatoms. The summed E-state index contributed by atoms with van der Waals surface area (Å²) in [4.78, 5) is 24.1. The molecule has 28 heavy (non-hydrogen) atoms. The number of thioether (sulfide) groups is 1. The molecule has 8 nitrogen and oxygen atoms in total. The minimum atomic E-state index is -0.138. The summed E-state index contributed by atoms with van der Waals surface area (Å²) in [5.41, 5.74) is 2.85. The lowest BCUT2D eigenvalue weighted by atomic mass is 10.2. The van der Waals surface area contributed by atoms with Crippen molar-refractivity contribution >= 4 is 45.1 Å². The molecule has 0 radical (unpaired) electrons. The highest BCUT2D eigenvalue weighted by atomic mass is 32.2. The van der Waals surface area contributed by atoms with Crippen LogP contribution in [0.4, 0.5) is 5.95 Å². The molecular formula is C18H16N6O2S2. The number of benzene rings is 1. The van der Waals surface area contributed by atoms with E-state index < -0.39 is 0 Å². The number of amidine groups is 1. The third-order valence-electron chi connectivity index (χ3n) is 4.49. The Balaban J connectivity index is 1.34. The summed E-state index contributed by atoms with van der Waals surface area (Å²) >= 11 is 3.04. The monoisotopic (exact) mass is 412 g/mol. The molecule has 4 heterocycles. The Hall–Kier alpha value is -2.85. The number of amides is 1. The van der Waals surface area contributed by atoms with Crippen LogP contribution >= 0.6 is 23.1 Å². The molecule has 1 amide bonds. The van der Waals surface area contributed by atoms with Crippen molar-refractivity contribution < 1.29 is 9.53 Å². The molecule has 3 aromatic rings. The van der Waals surface area contributed by atoms with Gasteiger partial charge in [-0.2, -0.15) is 4.98 Å². The fourth-order valence-corrected chi connectivity index (χ4v) is 4.95. The first-order valence-electron chi connectivity index (χ1n) is 8.67. The molecule has 0 unspecified atom stereocenters. The van der Waals surface area contributed by atoms with Crippen LogP contribution in [0.25, 0.3) is 16.2 Å². The number of nitrogens with zero attached hydrogens (tertiary/aromatic N) is 5. The zero-order chi connectivity index (χ0) is 19.1. The normalized spacial score (nSPS) is 15.5. The predicted octanol–water partition coefficient (Wildman–Crippen LogP) is 3.05. The molecule has 5 rings (SSSR count). The Kier molecular flexibility index (Phi) is 4.29. The second kappa shape index (κ2) is 6.95. The lowest BCUT2D eigenvalue weighted by molar-refractivity contribution is -0.115. The highest BCUT2D eigenvalue weighted by molar-refractivity contribution is 8.16. The number of carbonyl (C=O) groups excluding carboxylic acids is 1. The standard InChI is InChI=1S/C18H16N6O2S2/c1-26-13-4-2-3-11(7-13)14-10-28-18-21-16(22-24(14)18)20-15(25)8-12-9-27-17-19-5-6-23(12)17/h2-4,7,9-10H,5-6,8H2,1H3,(H,20,22,25). The molecule has 142 valence electrons. The highest BCUT2D eigenvalue weighted by Crippen LogP contribution is 2.31. The van der Waals surface area contributed by atoms with E-state index in [-0.39, 0.29) is 12.3 Å². The lowest BCUT2D eigenvalue weighted by Crippen LogP contribution is -2.24. The molecule has 1 aromatic carbocycles. The van der Waals surface area contributed by atoms with Gasteiger partial charge < -0.3 is 9.64 Å². The van der Waals surface area contributed by atoms with Crippen molar-refractivity contribution in [3.8, 4) is 17.0 Å². The maximum atomic E-state index is 12.5. The lowest BCUT2D eigenvalue weighted by Gasteiger charge is -2.15. The van der Waals surface area contributed by atoms with Gasteiger partial charge in [-0.3, -0.25) is 15.1 Å². The Morgan fingerprint density at radius 3 is 3.21 bits per heavy atom. The number of aromatic nitrogens is 3. The van der Waals surface area contributed by atoms with Crippen LogP contribution in [0, 0.1) is 0 Å². The van der Waals surface area contributed by atoms with Gasteiger partial charge in [-0.15, -0.1) is 16.4 Å². The van der Waals surface area contributed by atoms with Crippen LogP contribution < -0.4 is 10.1 Å². The maximum Gasteiger partial charge on any atom is 0.250 e. The van der Waals surface area contributed by atoms with Crippen LogP contribution in [0.1, 0.15) is 6.42 Å². The topological polar surface area (TPSA) is 84.1 Å². The molecular weight excluding hydrogens is 396 g/mol. The van der Waals surface area contributed by atoms with Crippen molar-refractivity contribution in [1.29, 1.82) is 0 Å². The van der Waals surface area contributed by atoms with Crippen LogP contribution in [0.2, 0.25) is 0 Å². The van der Waals surface area contributed by atoms with Crippen molar-refractivity contribution in [2.45, 2.75) is 6.42 Å². The number of thiazole rings is 1. The van der Waals surface area contributed by atoms with Gasteiger partial charge in [0.2, 0.25) is 16.8 Å². The number of rotatable bonds is 5. The van der Waals surface area contributed by atoms with Crippen LogP contribution in [-0.4, -0.2) is 50.8 Å². The molecule has 0 atom stereocenters. The summed E-state index contributed by atoms with van der Waals surface area (Å²) in [5.74, 6) is 0.946. The van der Waals surface area contributed by atoms with Crippen LogP contribution in [-0.2, 0) is 4.79 Å². The van der Waals surface area contributed by atoms with Gasteiger partial charge in [0.25, 0.3) is 0 Å². The van der Waals surface area contributed by atoms with E-state index in [1.54, 1.807) is 23.4 Å². The van der Waals surface area contributed by atoms with E-state index in [1.807, 2.05) is 35.1 Å². The fraction of sp³-hybridized carbons (Fsp3) is 0.222. The summed E-state index contributed by atoms with van der Waals surface area (Å²) in [6.07, 6.45) is 0.279. The quantitative estimate of drug-likeness (QED) is 0.693. The van der Waals surface area contributed by atoms with E-state index in [4.69, 9.17) is 4.74 Å². The molecule has 0 saturated carbocycles. The number of aliphatic imine (C=N–C) groups is 1. The van der Waals surface area contributed by atoms with Gasteiger partial charge in [0.05, 0.1) is 25.8 Å². The van der Waals surface area contributed by atoms with Gasteiger partial charge >= 0.3 is 0 Å². The van der Waals surface area contributed by atoms with Gasteiger partial charge in [0.15, 0.2) is 5.17 Å². The predicted molar refractivity (Wildman–Crippen MR) is 111 cm³/mol. The summed E-state index contributed by atoms with van der Waals surface area (Å²) in [6.45, 7) is 1.62.